The van der Waals surface area contributed by atoms with Gasteiger partial charge in [-0.25, -0.2) is 0 Å². The number of likely N-dealkylation sites (N-methyl/N-ethyl adjacent to an activating group) is 1. The molecule has 0 bridgehead atoms. The smallest absolute Gasteiger partial charge is 0.307 e. The van der Waals surface area contributed by atoms with Crippen LogP contribution in [0.4, 0.5) is 5.69 Å². The van der Waals surface area contributed by atoms with Crippen LogP contribution in [0.3, 0.4) is 0 Å². The van der Waals surface area contributed by atoms with Gasteiger partial charge in [0, 0.05) is 38.5 Å². The van der Waals surface area contributed by atoms with Gasteiger partial charge in [-0.05, 0) is 39.0 Å². The van der Waals surface area contributed by atoms with Crippen LogP contribution in [0.25, 0.3) is 0 Å². The Balaban J connectivity index is 1.95. The number of benzene rings is 1. The maximum atomic E-state index is 12.6. The van der Waals surface area contributed by atoms with Crippen molar-refractivity contribution in [1.29, 1.82) is 0 Å². The molecule has 29 heavy (non-hydrogen) atoms. The van der Waals surface area contributed by atoms with Crippen molar-refractivity contribution >= 4 is 29.3 Å². The number of nitrogens with zero attached hydrogens (tertiary/aromatic N) is 2. The lowest BCUT2D eigenvalue weighted by Gasteiger charge is -2.30. The van der Waals surface area contributed by atoms with Crippen LogP contribution in [-0.4, -0.2) is 61.3 Å². The second kappa shape index (κ2) is 10.0. The fourth-order valence-corrected chi connectivity index (χ4v) is 3.13. The first kappa shape index (κ1) is 22.4. The van der Waals surface area contributed by atoms with E-state index >= 15 is 0 Å². The third-order valence-electron chi connectivity index (χ3n) is 4.82. The number of ether oxygens (including phenoxy) is 2. The standard InChI is InChI=1S/C21H28N2O6/c1-5-23(12-11-20(26)28-6-2)19(25)10-8-17(24)15-7-9-18-16(13-15)22(4)21(27)14(3)29-18/h7,9,13-14H,5-6,8,10-12H2,1-4H3. The van der Waals surface area contributed by atoms with E-state index in [1.54, 1.807) is 44.0 Å². The number of fused-ring (bicyclic) bond motifs is 1. The molecule has 1 aliphatic heterocycles. The van der Waals surface area contributed by atoms with Gasteiger partial charge in [0.05, 0.1) is 18.7 Å². The van der Waals surface area contributed by atoms with E-state index in [4.69, 9.17) is 9.47 Å². The summed E-state index contributed by atoms with van der Waals surface area (Å²) in [6.45, 7) is 6.25. The predicted octanol–water partition coefficient (Wildman–Crippen LogP) is 2.19. The van der Waals surface area contributed by atoms with Crippen LogP contribution in [0, 0.1) is 0 Å². The van der Waals surface area contributed by atoms with E-state index in [9.17, 15) is 19.2 Å². The molecule has 0 N–H and O–H groups in total. The summed E-state index contributed by atoms with van der Waals surface area (Å²) in [6, 6.07) is 4.92. The molecule has 0 saturated carbocycles. The van der Waals surface area contributed by atoms with Crippen LogP contribution in [0.15, 0.2) is 18.2 Å². The van der Waals surface area contributed by atoms with E-state index in [-0.39, 0.29) is 49.4 Å². The molecule has 0 spiro atoms. The molecular formula is C21H28N2O6. The van der Waals surface area contributed by atoms with Crippen molar-refractivity contribution in [3.63, 3.8) is 0 Å². The summed E-state index contributed by atoms with van der Waals surface area (Å²) >= 11 is 0. The highest BCUT2D eigenvalue weighted by atomic mass is 16.5. The molecule has 1 aromatic rings. The number of amides is 2. The Morgan fingerprint density at radius 2 is 1.90 bits per heavy atom. The third-order valence-corrected chi connectivity index (χ3v) is 4.82. The Bertz CT molecular complexity index is 791. The van der Waals surface area contributed by atoms with Gasteiger partial charge in [-0.1, -0.05) is 0 Å². The monoisotopic (exact) mass is 404 g/mol. The summed E-state index contributed by atoms with van der Waals surface area (Å²) in [5.74, 6) is -0.366. The summed E-state index contributed by atoms with van der Waals surface area (Å²) in [7, 11) is 1.64. The summed E-state index contributed by atoms with van der Waals surface area (Å²) in [6.07, 6.45) is -0.344. The lowest BCUT2D eigenvalue weighted by molar-refractivity contribution is -0.144. The Morgan fingerprint density at radius 1 is 1.17 bits per heavy atom. The summed E-state index contributed by atoms with van der Waals surface area (Å²) in [5, 5.41) is 0. The molecule has 0 radical (unpaired) electrons. The van der Waals surface area contributed by atoms with Gasteiger partial charge in [0.15, 0.2) is 11.9 Å². The number of esters is 1. The van der Waals surface area contributed by atoms with Gasteiger partial charge in [0.2, 0.25) is 5.91 Å². The van der Waals surface area contributed by atoms with E-state index < -0.39 is 6.10 Å². The topological polar surface area (TPSA) is 93.2 Å². The molecular weight excluding hydrogens is 376 g/mol. The zero-order valence-electron chi connectivity index (χ0n) is 17.4. The Kier molecular flexibility index (Phi) is 7.75. The van der Waals surface area contributed by atoms with Crippen molar-refractivity contribution in [1.82, 2.24) is 4.90 Å². The number of ketones is 1. The quantitative estimate of drug-likeness (QED) is 0.463. The third kappa shape index (κ3) is 5.56. The van der Waals surface area contributed by atoms with E-state index in [1.165, 1.54) is 4.90 Å². The lowest BCUT2D eigenvalue weighted by atomic mass is 10.0. The summed E-state index contributed by atoms with van der Waals surface area (Å²) in [5.41, 5.74) is 0.957. The van der Waals surface area contributed by atoms with Gasteiger partial charge >= 0.3 is 5.97 Å². The highest BCUT2D eigenvalue weighted by Crippen LogP contribution is 2.34. The van der Waals surface area contributed by atoms with Crippen molar-refractivity contribution in [2.24, 2.45) is 0 Å². The van der Waals surface area contributed by atoms with Crippen LogP contribution < -0.4 is 9.64 Å². The summed E-state index contributed by atoms with van der Waals surface area (Å²) < 4.78 is 10.4. The number of carbonyl (C=O) groups is 4. The minimum Gasteiger partial charge on any atom is -0.479 e. The highest BCUT2D eigenvalue weighted by Gasteiger charge is 2.29. The van der Waals surface area contributed by atoms with Gasteiger partial charge in [-0.15, -0.1) is 0 Å². The van der Waals surface area contributed by atoms with Crippen molar-refractivity contribution in [2.75, 3.05) is 31.6 Å². The molecule has 1 unspecified atom stereocenters. The number of hydrogen-bond acceptors (Lipinski definition) is 6. The fraction of sp³-hybridized carbons (Fsp3) is 0.524. The Labute approximate surface area is 170 Å². The molecule has 158 valence electrons. The first-order valence-electron chi connectivity index (χ1n) is 9.83. The first-order valence-corrected chi connectivity index (χ1v) is 9.83. The van der Waals surface area contributed by atoms with E-state index in [2.05, 4.69) is 0 Å². The van der Waals surface area contributed by atoms with E-state index in [1.807, 2.05) is 6.92 Å². The zero-order chi connectivity index (χ0) is 21.6. The average molecular weight is 404 g/mol. The molecule has 2 rings (SSSR count). The molecule has 0 saturated heterocycles. The zero-order valence-corrected chi connectivity index (χ0v) is 17.4. The Morgan fingerprint density at radius 3 is 2.55 bits per heavy atom. The van der Waals surface area contributed by atoms with Crippen LogP contribution in [-0.2, 0) is 19.1 Å². The largest absolute Gasteiger partial charge is 0.479 e. The minimum absolute atomic E-state index is 0.0441. The van der Waals surface area contributed by atoms with Gasteiger partial charge in [-0.3, -0.25) is 19.2 Å². The van der Waals surface area contributed by atoms with Crippen molar-refractivity contribution in [2.45, 2.75) is 46.1 Å². The van der Waals surface area contributed by atoms with Crippen molar-refractivity contribution in [3.8, 4) is 5.75 Å². The van der Waals surface area contributed by atoms with Crippen LogP contribution in [0.2, 0.25) is 0 Å². The molecule has 2 amide bonds. The Hall–Kier alpha value is -2.90. The molecule has 1 aromatic carbocycles. The second-order valence-electron chi connectivity index (χ2n) is 6.79. The van der Waals surface area contributed by atoms with Crippen molar-refractivity contribution in [3.05, 3.63) is 23.8 Å². The highest BCUT2D eigenvalue weighted by molar-refractivity contribution is 6.03. The minimum atomic E-state index is -0.568. The van der Waals surface area contributed by atoms with Crippen LogP contribution in [0.1, 0.15) is 50.4 Å². The maximum absolute atomic E-state index is 12.6. The molecule has 1 heterocycles. The lowest BCUT2D eigenvalue weighted by Crippen LogP contribution is -2.42. The van der Waals surface area contributed by atoms with Gasteiger partial charge in [0.25, 0.3) is 5.91 Å². The predicted molar refractivity (Wildman–Crippen MR) is 107 cm³/mol. The van der Waals surface area contributed by atoms with E-state index in [0.717, 1.165) is 0 Å². The second-order valence-corrected chi connectivity index (χ2v) is 6.79. The molecule has 0 fully saturated rings. The number of carbonyl (C=O) groups excluding carboxylic acids is 4. The fourth-order valence-electron chi connectivity index (χ4n) is 3.13. The number of Topliss-reactive ketones (excluding diaryl/α,β-unsaturated/α-hetero) is 1. The van der Waals surface area contributed by atoms with Gasteiger partial charge in [0.1, 0.15) is 5.75 Å². The molecule has 1 atom stereocenters. The number of anilines is 1. The number of rotatable bonds is 9. The van der Waals surface area contributed by atoms with Crippen molar-refractivity contribution < 1.29 is 28.7 Å². The van der Waals surface area contributed by atoms with Gasteiger partial charge in [-0.2, -0.15) is 0 Å². The molecule has 8 nitrogen and oxygen atoms in total. The number of hydrogen-bond donors (Lipinski definition) is 0. The van der Waals surface area contributed by atoms with Gasteiger partial charge < -0.3 is 19.3 Å². The van der Waals surface area contributed by atoms with E-state index in [0.29, 0.717) is 30.2 Å². The maximum Gasteiger partial charge on any atom is 0.307 e. The normalized spacial score (nSPS) is 15.4. The SMILES string of the molecule is CCOC(=O)CCN(CC)C(=O)CCC(=O)c1ccc2c(c1)N(C)C(=O)C(C)O2. The molecule has 1 aliphatic rings. The molecule has 8 heteroatoms. The molecule has 0 aliphatic carbocycles. The molecule has 0 aromatic heterocycles. The van der Waals surface area contributed by atoms with Crippen LogP contribution >= 0.6 is 0 Å². The first-order chi connectivity index (χ1) is 13.8. The summed E-state index contributed by atoms with van der Waals surface area (Å²) in [4.78, 5) is 51.5. The average Bonchev–Trinajstić information content (AvgIpc) is 2.70. The van der Waals surface area contributed by atoms with Crippen LogP contribution in [0.5, 0.6) is 5.75 Å².